The molecule has 0 atom stereocenters. The molecule has 0 aliphatic carbocycles. The molecule has 3 rings (SSSR count). The first-order valence-corrected chi connectivity index (χ1v) is 5.49. The molecular weight excluding hydrogens is 228 g/mol. The van der Waals surface area contributed by atoms with Gasteiger partial charge in [-0.2, -0.15) is 0 Å². The number of carbonyl (C=O) groups is 1. The Bertz CT molecular complexity index is 657. The molecule has 5 nitrogen and oxygen atoms in total. The van der Waals surface area contributed by atoms with Gasteiger partial charge in [-0.3, -0.25) is 9.78 Å². The SMILES string of the molecule is O=C(Nc1ccncc1)c1nc2ccccc2[nH]1. The molecule has 0 aliphatic rings. The summed E-state index contributed by atoms with van der Waals surface area (Å²) >= 11 is 0. The van der Waals surface area contributed by atoms with Crippen LogP contribution in [0.4, 0.5) is 5.69 Å². The van der Waals surface area contributed by atoms with Gasteiger partial charge in [0.05, 0.1) is 11.0 Å². The van der Waals surface area contributed by atoms with Crippen LogP contribution in [0.5, 0.6) is 0 Å². The maximum Gasteiger partial charge on any atom is 0.291 e. The van der Waals surface area contributed by atoms with Crippen molar-refractivity contribution in [3.8, 4) is 0 Å². The maximum absolute atomic E-state index is 12.0. The van der Waals surface area contributed by atoms with E-state index in [1.54, 1.807) is 24.5 Å². The molecule has 2 N–H and O–H groups in total. The van der Waals surface area contributed by atoms with Crippen LogP contribution < -0.4 is 5.32 Å². The van der Waals surface area contributed by atoms with Gasteiger partial charge in [0.25, 0.3) is 5.91 Å². The molecule has 1 amide bonds. The highest BCUT2D eigenvalue weighted by Crippen LogP contribution is 2.12. The van der Waals surface area contributed by atoms with Crippen LogP contribution in [0.3, 0.4) is 0 Å². The summed E-state index contributed by atoms with van der Waals surface area (Å²) in [5.41, 5.74) is 2.31. The molecule has 18 heavy (non-hydrogen) atoms. The number of para-hydroxylation sites is 2. The van der Waals surface area contributed by atoms with Gasteiger partial charge in [0.1, 0.15) is 0 Å². The minimum atomic E-state index is -0.266. The van der Waals surface area contributed by atoms with Gasteiger partial charge in [-0.05, 0) is 24.3 Å². The number of nitrogens with one attached hydrogen (secondary N) is 2. The van der Waals surface area contributed by atoms with E-state index in [9.17, 15) is 4.79 Å². The molecule has 3 aromatic rings. The number of anilines is 1. The van der Waals surface area contributed by atoms with Gasteiger partial charge in [0.15, 0.2) is 5.82 Å². The highest BCUT2D eigenvalue weighted by molar-refractivity contribution is 6.03. The number of imidazole rings is 1. The normalized spacial score (nSPS) is 10.4. The summed E-state index contributed by atoms with van der Waals surface area (Å²) in [6.07, 6.45) is 3.24. The van der Waals surface area contributed by atoms with Gasteiger partial charge >= 0.3 is 0 Å². The summed E-state index contributed by atoms with van der Waals surface area (Å²) in [6.45, 7) is 0. The summed E-state index contributed by atoms with van der Waals surface area (Å²) in [5, 5.41) is 2.75. The molecule has 0 fully saturated rings. The van der Waals surface area contributed by atoms with Crippen LogP contribution >= 0.6 is 0 Å². The number of amides is 1. The quantitative estimate of drug-likeness (QED) is 0.719. The van der Waals surface area contributed by atoms with Crippen molar-refractivity contribution < 1.29 is 4.79 Å². The zero-order valence-electron chi connectivity index (χ0n) is 9.42. The second kappa shape index (κ2) is 4.29. The fourth-order valence-electron chi connectivity index (χ4n) is 1.69. The van der Waals surface area contributed by atoms with E-state index < -0.39 is 0 Å². The van der Waals surface area contributed by atoms with E-state index in [1.165, 1.54) is 0 Å². The predicted octanol–water partition coefficient (Wildman–Crippen LogP) is 2.21. The summed E-state index contributed by atoms with van der Waals surface area (Å²) in [5.74, 6) is 0.0328. The third-order valence-corrected chi connectivity index (χ3v) is 2.54. The lowest BCUT2D eigenvalue weighted by Crippen LogP contribution is -2.13. The molecule has 0 unspecified atom stereocenters. The molecule has 5 heteroatoms. The van der Waals surface area contributed by atoms with E-state index in [2.05, 4.69) is 20.3 Å². The van der Waals surface area contributed by atoms with E-state index in [4.69, 9.17) is 0 Å². The van der Waals surface area contributed by atoms with Crippen LogP contribution in [0.2, 0.25) is 0 Å². The van der Waals surface area contributed by atoms with Crippen LogP contribution in [0.25, 0.3) is 11.0 Å². The number of nitrogens with zero attached hydrogens (tertiary/aromatic N) is 2. The standard InChI is InChI=1S/C13H10N4O/c18-13(15-9-5-7-14-8-6-9)12-16-10-3-1-2-4-11(10)17-12/h1-8H,(H,16,17)(H,14,15,18). The Labute approximate surface area is 103 Å². The first kappa shape index (κ1) is 10.5. The summed E-state index contributed by atoms with van der Waals surface area (Å²) < 4.78 is 0. The first-order chi connectivity index (χ1) is 8.83. The topological polar surface area (TPSA) is 70.7 Å². The van der Waals surface area contributed by atoms with Crippen molar-refractivity contribution in [1.82, 2.24) is 15.0 Å². The van der Waals surface area contributed by atoms with E-state index in [0.29, 0.717) is 11.5 Å². The lowest BCUT2D eigenvalue weighted by Gasteiger charge is -2.01. The monoisotopic (exact) mass is 238 g/mol. The Balaban J connectivity index is 1.88. The molecule has 0 radical (unpaired) electrons. The maximum atomic E-state index is 12.0. The average molecular weight is 238 g/mol. The number of aromatic amines is 1. The second-order valence-electron chi connectivity index (χ2n) is 3.79. The number of benzene rings is 1. The Kier molecular flexibility index (Phi) is 2.49. The van der Waals surface area contributed by atoms with Crippen molar-refractivity contribution >= 4 is 22.6 Å². The van der Waals surface area contributed by atoms with Crippen LogP contribution in [0.1, 0.15) is 10.6 Å². The number of aromatic nitrogens is 3. The number of hydrogen-bond acceptors (Lipinski definition) is 3. The minimum Gasteiger partial charge on any atom is -0.334 e. The van der Waals surface area contributed by atoms with Gasteiger partial charge < -0.3 is 10.3 Å². The number of H-pyrrole nitrogens is 1. The van der Waals surface area contributed by atoms with Crippen molar-refractivity contribution in [1.29, 1.82) is 0 Å². The van der Waals surface area contributed by atoms with Crippen molar-refractivity contribution in [2.45, 2.75) is 0 Å². The predicted molar refractivity (Wildman–Crippen MR) is 68.3 cm³/mol. The highest BCUT2D eigenvalue weighted by Gasteiger charge is 2.10. The van der Waals surface area contributed by atoms with Crippen LogP contribution in [-0.2, 0) is 0 Å². The average Bonchev–Trinajstić information content (AvgIpc) is 2.84. The van der Waals surface area contributed by atoms with Crippen molar-refractivity contribution in [3.05, 3.63) is 54.6 Å². The third kappa shape index (κ3) is 1.93. The van der Waals surface area contributed by atoms with Crippen molar-refractivity contribution in [3.63, 3.8) is 0 Å². The van der Waals surface area contributed by atoms with E-state index >= 15 is 0 Å². The fraction of sp³-hybridized carbons (Fsp3) is 0. The number of rotatable bonds is 2. The summed E-state index contributed by atoms with van der Waals surface area (Å²) in [4.78, 5) is 23.0. The lowest BCUT2D eigenvalue weighted by molar-refractivity contribution is 0.101. The molecule has 0 spiro atoms. The number of fused-ring (bicyclic) bond motifs is 1. The zero-order chi connectivity index (χ0) is 12.4. The lowest BCUT2D eigenvalue weighted by atomic mass is 10.3. The zero-order valence-corrected chi connectivity index (χ0v) is 9.42. The van der Waals surface area contributed by atoms with Gasteiger partial charge in [-0.15, -0.1) is 0 Å². The molecule has 2 heterocycles. The van der Waals surface area contributed by atoms with E-state index in [0.717, 1.165) is 11.0 Å². The summed E-state index contributed by atoms with van der Waals surface area (Å²) in [6, 6.07) is 11.0. The molecule has 1 aromatic carbocycles. The Morgan fingerprint density at radius 2 is 1.89 bits per heavy atom. The molecule has 0 saturated heterocycles. The van der Waals surface area contributed by atoms with Crippen LogP contribution in [0.15, 0.2) is 48.8 Å². The largest absolute Gasteiger partial charge is 0.334 e. The second-order valence-corrected chi connectivity index (χ2v) is 3.79. The van der Waals surface area contributed by atoms with Gasteiger partial charge in [-0.1, -0.05) is 12.1 Å². The molecule has 2 aromatic heterocycles. The Morgan fingerprint density at radius 1 is 1.11 bits per heavy atom. The molecule has 88 valence electrons. The smallest absolute Gasteiger partial charge is 0.291 e. The van der Waals surface area contributed by atoms with E-state index in [-0.39, 0.29) is 5.91 Å². The molecule has 0 bridgehead atoms. The highest BCUT2D eigenvalue weighted by atomic mass is 16.2. The fourth-order valence-corrected chi connectivity index (χ4v) is 1.69. The molecular formula is C13H10N4O. The van der Waals surface area contributed by atoms with Crippen molar-refractivity contribution in [2.75, 3.05) is 5.32 Å². The van der Waals surface area contributed by atoms with Gasteiger partial charge in [0.2, 0.25) is 0 Å². The minimum absolute atomic E-state index is 0.266. The Morgan fingerprint density at radius 3 is 2.67 bits per heavy atom. The molecule has 0 saturated carbocycles. The summed E-state index contributed by atoms with van der Waals surface area (Å²) in [7, 11) is 0. The van der Waals surface area contributed by atoms with Crippen LogP contribution in [-0.4, -0.2) is 20.9 Å². The van der Waals surface area contributed by atoms with Gasteiger partial charge in [0, 0.05) is 18.1 Å². The number of pyridine rings is 1. The van der Waals surface area contributed by atoms with Crippen molar-refractivity contribution in [2.24, 2.45) is 0 Å². The van der Waals surface area contributed by atoms with Gasteiger partial charge in [-0.25, -0.2) is 4.98 Å². The van der Waals surface area contributed by atoms with Crippen LogP contribution in [0, 0.1) is 0 Å². The third-order valence-electron chi connectivity index (χ3n) is 2.54. The number of carbonyl (C=O) groups excluding carboxylic acids is 1. The van der Waals surface area contributed by atoms with E-state index in [1.807, 2.05) is 24.3 Å². The molecule has 0 aliphatic heterocycles. The Hall–Kier alpha value is -2.69. The number of hydrogen-bond donors (Lipinski definition) is 2. The first-order valence-electron chi connectivity index (χ1n) is 5.49.